The fraction of sp³-hybridized carbons (Fsp3) is 0.389. The van der Waals surface area contributed by atoms with Gasteiger partial charge in [0.25, 0.3) is 5.91 Å². The largest absolute Gasteiger partial charge is 0.422 e. The molecule has 5 amide bonds. The second-order valence-corrected chi connectivity index (χ2v) is 7.68. The fourth-order valence-electron chi connectivity index (χ4n) is 3.08. The fourth-order valence-corrected chi connectivity index (χ4v) is 3.08. The Kier molecular flexibility index (Phi) is 4.52. The summed E-state index contributed by atoms with van der Waals surface area (Å²) < 4.78 is 42.6. The van der Waals surface area contributed by atoms with Crippen LogP contribution in [0.5, 0.6) is 0 Å². The topological polar surface area (TPSA) is 108 Å². The first-order valence-electron chi connectivity index (χ1n) is 8.53. The molecule has 1 aromatic rings. The molecule has 1 aromatic carbocycles. The van der Waals surface area contributed by atoms with Crippen LogP contribution in [0.25, 0.3) is 0 Å². The van der Waals surface area contributed by atoms with Crippen molar-refractivity contribution in [3.63, 3.8) is 0 Å². The number of para-hydroxylation sites is 1. The second-order valence-electron chi connectivity index (χ2n) is 7.68. The number of amides is 5. The van der Waals surface area contributed by atoms with E-state index in [1.165, 1.54) is 45.0 Å². The van der Waals surface area contributed by atoms with Crippen LogP contribution < -0.4 is 15.5 Å². The molecule has 0 spiro atoms. The number of aliphatic imine (C=N–C) groups is 1. The molecule has 2 heterocycles. The lowest BCUT2D eigenvalue weighted by Gasteiger charge is -2.40. The van der Waals surface area contributed by atoms with Crippen LogP contribution in [0.1, 0.15) is 20.8 Å². The van der Waals surface area contributed by atoms with E-state index in [4.69, 9.17) is 0 Å². The Morgan fingerprint density at radius 2 is 1.72 bits per heavy atom. The highest BCUT2D eigenvalue weighted by molar-refractivity contribution is 6.35. The number of nitrogens with one attached hydrogen (secondary N) is 2. The summed E-state index contributed by atoms with van der Waals surface area (Å²) in [5, 5.41) is 3.53. The third-order valence-electron chi connectivity index (χ3n) is 4.62. The molecule has 1 saturated heterocycles. The molecule has 3 rings (SSSR count). The zero-order chi connectivity index (χ0) is 21.8. The van der Waals surface area contributed by atoms with E-state index in [9.17, 15) is 32.3 Å². The lowest BCUT2D eigenvalue weighted by atomic mass is 9.80. The smallest absolute Gasteiger partial charge is 0.333 e. The summed E-state index contributed by atoms with van der Waals surface area (Å²) in [5.74, 6) is -7.21. The Morgan fingerprint density at radius 3 is 2.24 bits per heavy atom. The summed E-state index contributed by atoms with van der Waals surface area (Å²) in [5.41, 5.74) is -4.81. The van der Waals surface area contributed by atoms with E-state index in [1.54, 1.807) is 11.4 Å². The number of carbonyl (C=O) groups excluding carboxylic acids is 4. The van der Waals surface area contributed by atoms with Crippen molar-refractivity contribution in [2.75, 3.05) is 4.90 Å². The van der Waals surface area contributed by atoms with Gasteiger partial charge in [-0.1, -0.05) is 39.0 Å². The average Bonchev–Trinajstić information content (AvgIpc) is 2.88. The maximum absolute atomic E-state index is 14.2. The molecule has 2 aliphatic rings. The Morgan fingerprint density at radius 1 is 1.14 bits per heavy atom. The second kappa shape index (κ2) is 6.39. The van der Waals surface area contributed by atoms with E-state index in [0.29, 0.717) is 0 Å². The monoisotopic (exact) mass is 410 g/mol. The maximum Gasteiger partial charge on any atom is 0.422 e. The van der Waals surface area contributed by atoms with Gasteiger partial charge in [-0.3, -0.25) is 19.7 Å². The summed E-state index contributed by atoms with van der Waals surface area (Å²) in [6, 6.07) is 6.40. The number of nitrogens with zero attached hydrogens (tertiary/aromatic N) is 2. The van der Waals surface area contributed by atoms with Crippen molar-refractivity contribution < 1.29 is 32.3 Å². The van der Waals surface area contributed by atoms with Crippen LogP contribution in [0.3, 0.4) is 0 Å². The Labute approximate surface area is 163 Å². The van der Waals surface area contributed by atoms with Gasteiger partial charge < -0.3 is 5.32 Å². The van der Waals surface area contributed by atoms with Gasteiger partial charge in [-0.2, -0.15) is 18.2 Å². The number of hydrogen-bond acceptors (Lipinski definition) is 4. The summed E-state index contributed by atoms with van der Waals surface area (Å²) in [4.78, 5) is 53.9. The molecule has 1 fully saturated rings. The third-order valence-corrected chi connectivity index (χ3v) is 4.62. The third kappa shape index (κ3) is 3.06. The van der Waals surface area contributed by atoms with Crippen LogP contribution in [0.4, 0.5) is 23.7 Å². The van der Waals surface area contributed by atoms with Crippen molar-refractivity contribution in [2.24, 2.45) is 16.3 Å². The van der Waals surface area contributed by atoms with Crippen LogP contribution in [0.2, 0.25) is 0 Å². The number of imide groups is 1. The molecule has 2 atom stereocenters. The highest BCUT2D eigenvalue weighted by Crippen LogP contribution is 2.44. The first-order chi connectivity index (χ1) is 13.3. The van der Waals surface area contributed by atoms with Crippen molar-refractivity contribution in [2.45, 2.75) is 32.5 Å². The minimum absolute atomic E-state index is 0.106. The van der Waals surface area contributed by atoms with Crippen molar-refractivity contribution in [1.29, 1.82) is 0 Å². The first-order valence-corrected chi connectivity index (χ1v) is 8.53. The van der Waals surface area contributed by atoms with Gasteiger partial charge in [-0.15, -0.1) is 0 Å². The number of hydrogen-bond donors (Lipinski definition) is 2. The van der Waals surface area contributed by atoms with Gasteiger partial charge in [-0.05, 0) is 12.1 Å². The van der Waals surface area contributed by atoms with E-state index in [-0.39, 0.29) is 5.69 Å². The number of alkyl halides is 3. The Balaban J connectivity index is 2.17. The highest BCUT2D eigenvalue weighted by atomic mass is 19.4. The number of rotatable bonds is 2. The number of urea groups is 1. The quantitative estimate of drug-likeness (QED) is 0.775. The van der Waals surface area contributed by atoms with Crippen molar-refractivity contribution >= 4 is 35.3 Å². The standard InChI is InChI=1S/C18H17F3N4O4/c1-16(2,3)13(27)24-17(18(19,20)21)10-11(22-14(17)28)25(15(29)23-12(10)26)9-7-5-4-6-8-9/h4-8,10H,1-3H3,(H,24,27)(H,23,26,29). The normalized spacial score (nSPS) is 24.8. The van der Waals surface area contributed by atoms with Gasteiger partial charge in [0.15, 0.2) is 0 Å². The zero-order valence-electron chi connectivity index (χ0n) is 15.6. The molecule has 29 heavy (non-hydrogen) atoms. The molecule has 8 nitrogen and oxygen atoms in total. The van der Waals surface area contributed by atoms with Gasteiger partial charge in [-0.25, -0.2) is 9.69 Å². The van der Waals surface area contributed by atoms with Crippen LogP contribution in [-0.2, 0) is 14.4 Å². The number of anilines is 1. The Hall–Kier alpha value is -3.24. The van der Waals surface area contributed by atoms with Gasteiger partial charge in [0.2, 0.25) is 17.4 Å². The lowest BCUT2D eigenvalue weighted by Crippen LogP contribution is -2.73. The van der Waals surface area contributed by atoms with Crippen LogP contribution >= 0.6 is 0 Å². The first kappa shape index (κ1) is 20.5. The van der Waals surface area contributed by atoms with Crippen LogP contribution in [0.15, 0.2) is 35.3 Å². The van der Waals surface area contributed by atoms with Crippen molar-refractivity contribution in [3.05, 3.63) is 30.3 Å². The summed E-state index contributed by atoms with van der Waals surface area (Å²) in [7, 11) is 0. The molecule has 2 N–H and O–H groups in total. The Bertz CT molecular complexity index is 937. The molecular weight excluding hydrogens is 393 g/mol. The highest BCUT2D eigenvalue weighted by Gasteiger charge is 2.74. The molecule has 154 valence electrons. The summed E-state index contributed by atoms with van der Waals surface area (Å²) in [6.07, 6.45) is -5.36. The number of fused-ring (bicyclic) bond motifs is 1. The van der Waals surface area contributed by atoms with E-state index < -0.39 is 52.6 Å². The number of carbonyl (C=O) groups is 4. The molecule has 0 radical (unpaired) electrons. The van der Waals surface area contributed by atoms with Gasteiger partial charge >= 0.3 is 12.2 Å². The van der Waals surface area contributed by atoms with E-state index >= 15 is 0 Å². The van der Waals surface area contributed by atoms with Gasteiger partial charge in [0.05, 0.1) is 5.69 Å². The molecule has 2 unspecified atom stereocenters. The van der Waals surface area contributed by atoms with E-state index in [0.717, 1.165) is 4.90 Å². The number of benzene rings is 1. The predicted molar refractivity (Wildman–Crippen MR) is 94.8 cm³/mol. The summed E-state index contributed by atoms with van der Waals surface area (Å²) >= 11 is 0. The van der Waals surface area contributed by atoms with Gasteiger partial charge in [0.1, 0.15) is 11.8 Å². The minimum Gasteiger partial charge on any atom is -0.333 e. The van der Waals surface area contributed by atoms with E-state index in [2.05, 4.69) is 4.99 Å². The molecular formula is C18H17F3N4O4. The zero-order valence-corrected chi connectivity index (χ0v) is 15.6. The molecule has 0 bridgehead atoms. The molecule has 2 aliphatic heterocycles. The average molecular weight is 410 g/mol. The van der Waals surface area contributed by atoms with Crippen molar-refractivity contribution in [1.82, 2.24) is 10.6 Å². The SMILES string of the molecule is CC(C)(C)C(=O)NC1(C(F)(F)F)C(=O)N=C2C1C(=O)NC(=O)N2c1ccccc1. The molecule has 0 saturated carbocycles. The number of halogens is 3. The predicted octanol–water partition coefficient (Wildman–Crippen LogP) is 1.76. The molecule has 0 aromatic heterocycles. The van der Waals surface area contributed by atoms with Crippen LogP contribution in [-0.4, -0.2) is 41.3 Å². The van der Waals surface area contributed by atoms with Crippen LogP contribution in [0, 0.1) is 11.3 Å². The lowest BCUT2D eigenvalue weighted by molar-refractivity contribution is -0.206. The van der Waals surface area contributed by atoms with Crippen molar-refractivity contribution in [3.8, 4) is 0 Å². The number of amidine groups is 1. The van der Waals surface area contributed by atoms with Gasteiger partial charge in [0, 0.05) is 5.41 Å². The van der Waals surface area contributed by atoms with E-state index in [1.807, 2.05) is 5.32 Å². The minimum atomic E-state index is -5.36. The maximum atomic E-state index is 14.2. The molecule has 11 heteroatoms. The molecule has 0 aliphatic carbocycles. The summed E-state index contributed by atoms with van der Waals surface area (Å²) in [6.45, 7) is 4.07.